The molecule has 5 heteroatoms. The fourth-order valence-corrected chi connectivity index (χ4v) is 2.44. The van der Waals surface area contributed by atoms with Crippen LogP contribution in [-0.2, 0) is 4.74 Å². The molecule has 106 valence electrons. The summed E-state index contributed by atoms with van der Waals surface area (Å²) in [5.74, 6) is -0.0880. The van der Waals surface area contributed by atoms with Gasteiger partial charge in [0.25, 0.3) is 5.91 Å². The van der Waals surface area contributed by atoms with Crippen molar-refractivity contribution in [2.45, 2.75) is 39.0 Å². The number of hydrogen-bond donors (Lipinski definition) is 1. The summed E-state index contributed by atoms with van der Waals surface area (Å²) in [6, 6.07) is 1.96. The van der Waals surface area contributed by atoms with Gasteiger partial charge in [0.1, 0.15) is 6.26 Å². The number of morpholine rings is 1. The zero-order chi connectivity index (χ0) is 13.8. The monoisotopic (exact) mass is 266 g/mol. The van der Waals surface area contributed by atoms with Crippen molar-refractivity contribution < 1.29 is 13.9 Å². The fourth-order valence-electron chi connectivity index (χ4n) is 2.44. The summed E-state index contributed by atoms with van der Waals surface area (Å²) >= 11 is 0. The molecule has 1 fully saturated rings. The van der Waals surface area contributed by atoms with Gasteiger partial charge in [-0.05, 0) is 26.8 Å². The number of hydrogen-bond acceptors (Lipinski definition) is 4. The molecular weight excluding hydrogens is 244 g/mol. The third-order valence-electron chi connectivity index (χ3n) is 3.41. The van der Waals surface area contributed by atoms with Crippen molar-refractivity contribution in [1.29, 1.82) is 0 Å². The molecular formula is C14H22N2O3. The van der Waals surface area contributed by atoms with Crippen LogP contribution in [0.25, 0.3) is 0 Å². The summed E-state index contributed by atoms with van der Waals surface area (Å²) in [6.07, 6.45) is 3.45. The standard InChI is InChI=1S/C14H22N2O3/c1-10(16-7-11(2)19-12(3)8-16)6-15-14(17)13-4-5-18-9-13/h4-5,9-12H,6-8H2,1-3H3,(H,15,17). The fraction of sp³-hybridized carbons (Fsp3) is 0.643. The van der Waals surface area contributed by atoms with Crippen molar-refractivity contribution in [2.75, 3.05) is 19.6 Å². The van der Waals surface area contributed by atoms with Crippen molar-refractivity contribution in [3.8, 4) is 0 Å². The predicted molar refractivity (Wildman–Crippen MR) is 72.1 cm³/mol. The molecule has 0 aliphatic carbocycles. The van der Waals surface area contributed by atoms with E-state index in [4.69, 9.17) is 9.15 Å². The second-order valence-corrected chi connectivity index (χ2v) is 5.28. The van der Waals surface area contributed by atoms with E-state index >= 15 is 0 Å². The van der Waals surface area contributed by atoms with Gasteiger partial charge in [0.05, 0.1) is 24.0 Å². The first kappa shape index (κ1) is 14.1. The molecule has 0 radical (unpaired) electrons. The van der Waals surface area contributed by atoms with Crippen LogP contribution in [-0.4, -0.2) is 48.7 Å². The van der Waals surface area contributed by atoms with E-state index in [1.165, 1.54) is 12.5 Å². The number of rotatable bonds is 4. The molecule has 0 saturated carbocycles. The minimum atomic E-state index is -0.0880. The average Bonchev–Trinajstić information content (AvgIpc) is 2.88. The van der Waals surface area contributed by atoms with Crippen LogP contribution >= 0.6 is 0 Å². The molecule has 0 spiro atoms. The van der Waals surface area contributed by atoms with Crippen molar-refractivity contribution in [3.05, 3.63) is 24.2 Å². The SMILES string of the molecule is CC1CN(C(C)CNC(=O)c2ccoc2)CC(C)O1. The first-order valence-corrected chi connectivity index (χ1v) is 6.76. The van der Waals surface area contributed by atoms with Crippen molar-refractivity contribution in [1.82, 2.24) is 10.2 Å². The molecule has 1 aliphatic heterocycles. The summed E-state index contributed by atoms with van der Waals surface area (Å²) in [4.78, 5) is 14.2. The molecule has 5 nitrogen and oxygen atoms in total. The van der Waals surface area contributed by atoms with Gasteiger partial charge in [-0.3, -0.25) is 9.69 Å². The Labute approximate surface area is 113 Å². The minimum absolute atomic E-state index is 0.0880. The second kappa shape index (κ2) is 6.21. The molecule has 0 aromatic carbocycles. The first-order chi connectivity index (χ1) is 9.06. The van der Waals surface area contributed by atoms with Gasteiger partial charge in [-0.25, -0.2) is 0 Å². The van der Waals surface area contributed by atoms with E-state index in [-0.39, 0.29) is 18.1 Å². The summed E-state index contributed by atoms with van der Waals surface area (Å²) in [7, 11) is 0. The maximum atomic E-state index is 11.8. The van der Waals surface area contributed by atoms with Crippen LogP contribution in [0.2, 0.25) is 0 Å². The van der Waals surface area contributed by atoms with Crippen LogP contribution in [0.5, 0.6) is 0 Å². The zero-order valence-electron chi connectivity index (χ0n) is 11.8. The van der Waals surface area contributed by atoms with E-state index in [1.807, 2.05) is 0 Å². The minimum Gasteiger partial charge on any atom is -0.472 e. The van der Waals surface area contributed by atoms with Gasteiger partial charge >= 0.3 is 0 Å². The Balaban J connectivity index is 1.80. The van der Waals surface area contributed by atoms with Gasteiger partial charge in [-0.15, -0.1) is 0 Å². The lowest BCUT2D eigenvalue weighted by atomic mass is 10.1. The lowest BCUT2D eigenvalue weighted by molar-refractivity contribution is -0.0778. The van der Waals surface area contributed by atoms with Crippen LogP contribution in [0, 0.1) is 0 Å². The highest BCUT2D eigenvalue weighted by Crippen LogP contribution is 2.13. The summed E-state index contributed by atoms with van der Waals surface area (Å²) in [6.45, 7) is 8.74. The maximum Gasteiger partial charge on any atom is 0.254 e. The van der Waals surface area contributed by atoms with Crippen LogP contribution < -0.4 is 5.32 Å². The van der Waals surface area contributed by atoms with Gasteiger partial charge in [-0.2, -0.15) is 0 Å². The van der Waals surface area contributed by atoms with Crippen LogP contribution in [0.1, 0.15) is 31.1 Å². The zero-order valence-corrected chi connectivity index (χ0v) is 11.8. The van der Waals surface area contributed by atoms with E-state index in [1.54, 1.807) is 6.07 Å². The summed E-state index contributed by atoms with van der Waals surface area (Å²) < 4.78 is 10.6. The Morgan fingerprint density at radius 2 is 2.16 bits per heavy atom. The van der Waals surface area contributed by atoms with Crippen LogP contribution in [0.15, 0.2) is 23.0 Å². The number of carbonyl (C=O) groups is 1. The summed E-state index contributed by atoms with van der Waals surface area (Å²) in [5.41, 5.74) is 0.566. The van der Waals surface area contributed by atoms with Crippen LogP contribution in [0.3, 0.4) is 0 Å². The van der Waals surface area contributed by atoms with Crippen molar-refractivity contribution >= 4 is 5.91 Å². The lowest BCUT2D eigenvalue weighted by Gasteiger charge is -2.38. The Kier molecular flexibility index (Phi) is 4.61. The molecule has 1 aliphatic rings. The number of furan rings is 1. The van der Waals surface area contributed by atoms with Gasteiger partial charge in [0.15, 0.2) is 0 Å². The van der Waals surface area contributed by atoms with Gasteiger partial charge in [0.2, 0.25) is 0 Å². The van der Waals surface area contributed by atoms with E-state index in [2.05, 4.69) is 31.0 Å². The molecule has 1 aromatic rings. The van der Waals surface area contributed by atoms with E-state index in [9.17, 15) is 4.79 Å². The number of carbonyl (C=O) groups excluding carboxylic acids is 1. The quantitative estimate of drug-likeness (QED) is 0.897. The highest BCUT2D eigenvalue weighted by molar-refractivity contribution is 5.93. The highest BCUT2D eigenvalue weighted by atomic mass is 16.5. The number of amides is 1. The molecule has 19 heavy (non-hydrogen) atoms. The van der Waals surface area contributed by atoms with Gasteiger partial charge in [0, 0.05) is 25.7 Å². The molecule has 3 atom stereocenters. The highest BCUT2D eigenvalue weighted by Gasteiger charge is 2.25. The Hall–Kier alpha value is -1.33. The topological polar surface area (TPSA) is 54.7 Å². The molecule has 2 heterocycles. The van der Waals surface area contributed by atoms with E-state index in [0.717, 1.165) is 13.1 Å². The normalized spacial score (nSPS) is 26.1. The molecule has 1 aromatic heterocycles. The smallest absolute Gasteiger partial charge is 0.254 e. The second-order valence-electron chi connectivity index (χ2n) is 5.28. The molecule has 0 bridgehead atoms. The van der Waals surface area contributed by atoms with Crippen molar-refractivity contribution in [2.24, 2.45) is 0 Å². The third kappa shape index (κ3) is 3.81. The summed E-state index contributed by atoms with van der Waals surface area (Å²) in [5, 5.41) is 2.93. The maximum absolute atomic E-state index is 11.8. The Morgan fingerprint density at radius 3 is 2.74 bits per heavy atom. The van der Waals surface area contributed by atoms with Gasteiger partial charge in [-0.1, -0.05) is 0 Å². The Bertz CT molecular complexity index is 395. The third-order valence-corrected chi connectivity index (χ3v) is 3.41. The Morgan fingerprint density at radius 1 is 1.47 bits per heavy atom. The molecule has 1 amide bonds. The van der Waals surface area contributed by atoms with Crippen molar-refractivity contribution in [3.63, 3.8) is 0 Å². The molecule has 3 unspecified atom stereocenters. The molecule has 1 saturated heterocycles. The molecule has 1 N–H and O–H groups in total. The number of nitrogens with one attached hydrogen (secondary N) is 1. The van der Waals surface area contributed by atoms with E-state index < -0.39 is 0 Å². The molecule has 2 rings (SSSR count). The van der Waals surface area contributed by atoms with Gasteiger partial charge < -0.3 is 14.5 Å². The average molecular weight is 266 g/mol. The number of nitrogens with zero attached hydrogens (tertiary/aromatic N) is 1. The number of ether oxygens (including phenoxy) is 1. The van der Waals surface area contributed by atoms with E-state index in [0.29, 0.717) is 18.2 Å². The largest absolute Gasteiger partial charge is 0.472 e. The first-order valence-electron chi connectivity index (χ1n) is 6.76. The van der Waals surface area contributed by atoms with Crippen LogP contribution in [0.4, 0.5) is 0 Å². The predicted octanol–water partition coefficient (Wildman–Crippen LogP) is 1.51. The lowest BCUT2D eigenvalue weighted by Crippen LogP contribution is -2.52.